The Labute approximate surface area is 190 Å². The van der Waals surface area contributed by atoms with Gasteiger partial charge in [-0.05, 0) is 35.7 Å². The van der Waals surface area contributed by atoms with Gasteiger partial charge in [0.2, 0.25) is 0 Å². The Morgan fingerprint density at radius 2 is 1.48 bits per heavy atom. The smallest absolute Gasteiger partial charge is 0.185 e. The summed E-state index contributed by atoms with van der Waals surface area (Å²) in [6, 6.07) is 23.6. The summed E-state index contributed by atoms with van der Waals surface area (Å²) in [5.74, 6) is 0.299. The van der Waals surface area contributed by atoms with Gasteiger partial charge < -0.3 is 5.21 Å². The van der Waals surface area contributed by atoms with Gasteiger partial charge in [-0.1, -0.05) is 35.5 Å². The maximum absolute atomic E-state index is 9.79. The summed E-state index contributed by atoms with van der Waals surface area (Å²) in [5, 5.41) is 35.2. The maximum Gasteiger partial charge on any atom is 0.185 e. The Morgan fingerprint density at radius 1 is 0.806 bits per heavy atom. The topological polar surface area (TPSA) is 83.4 Å². The monoisotopic (exact) mass is 456 g/mol. The van der Waals surface area contributed by atoms with Crippen molar-refractivity contribution in [2.45, 2.75) is 0 Å². The SMILES string of the molecule is N#CC(C#N)=C1c2ccccc2/C(=N/O)N1c1ccc(-c2ccc(-c3cccs3)s2)s1. The van der Waals surface area contributed by atoms with Crippen molar-refractivity contribution in [1.29, 1.82) is 10.5 Å². The summed E-state index contributed by atoms with van der Waals surface area (Å²) < 4.78 is 0. The summed E-state index contributed by atoms with van der Waals surface area (Å²) in [4.78, 5) is 6.32. The molecule has 0 amide bonds. The molecule has 0 fully saturated rings. The molecule has 0 aliphatic carbocycles. The number of hydrogen-bond donors (Lipinski definition) is 1. The van der Waals surface area contributed by atoms with Gasteiger partial charge in [-0.25, -0.2) is 0 Å². The molecule has 0 spiro atoms. The third kappa shape index (κ3) is 3.15. The minimum absolute atomic E-state index is 0.0304. The van der Waals surface area contributed by atoms with Gasteiger partial charge in [0.1, 0.15) is 17.1 Å². The third-order valence-electron chi connectivity index (χ3n) is 4.84. The molecular weight excluding hydrogens is 444 g/mol. The number of allylic oxidation sites excluding steroid dienone is 1. The summed E-state index contributed by atoms with van der Waals surface area (Å²) in [5.41, 5.74) is 1.78. The van der Waals surface area contributed by atoms with E-state index < -0.39 is 0 Å². The Bertz CT molecular complexity index is 1410. The van der Waals surface area contributed by atoms with Crippen LogP contribution in [0.25, 0.3) is 25.2 Å². The van der Waals surface area contributed by atoms with E-state index in [0.717, 1.165) is 14.8 Å². The first-order chi connectivity index (χ1) is 15.2. The zero-order valence-electron chi connectivity index (χ0n) is 15.8. The number of oxime groups is 1. The molecule has 1 N–H and O–H groups in total. The number of benzene rings is 1. The molecule has 0 saturated heterocycles. The Morgan fingerprint density at radius 3 is 2.16 bits per heavy atom. The number of thiophene rings is 3. The maximum atomic E-state index is 9.79. The number of amidine groups is 1. The van der Waals surface area contributed by atoms with E-state index in [4.69, 9.17) is 0 Å². The van der Waals surface area contributed by atoms with Gasteiger partial charge in [0.05, 0.1) is 5.70 Å². The van der Waals surface area contributed by atoms with Crippen molar-refractivity contribution in [2.75, 3.05) is 4.90 Å². The molecule has 148 valence electrons. The Hall–Kier alpha value is -3.69. The molecule has 1 aliphatic heterocycles. The number of fused-ring (bicyclic) bond motifs is 1. The molecule has 0 unspecified atom stereocenters. The van der Waals surface area contributed by atoms with E-state index in [1.54, 1.807) is 27.6 Å². The third-order valence-corrected chi connectivity index (χ3v) is 8.26. The molecule has 0 atom stereocenters. The van der Waals surface area contributed by atoms with Crippen LogP contribution in [0.1, 0.15) is 11.1 Å². The van der Waals surface area contributed by atoms with Crippen LogP contribution in [0.5, 0.6) is 0 Å². The minimum atomic E-state index is -0.0304. The number of anilines is 1. The van der Waals surface area contributed by atoms with Gasteiger partial charge in [-0.2, -0.15) is 10.5 Å². The molecule has 1 aliphatic rings. The molecule has 0 radical (unpaired) electrons. The summed E-state index contributed by atoms with van der Waals surface area (Å²) >= 11 is 4.95. The first kappa shape index (κ1) is 19.3. The molecule has 0 bridgehead atoms. The van der Waals surface area contributed by atoms with E-state index in [2.05, 4.69) is 28.7 Å². The van der Waals surface area contributed by atoms with Crippen LogP contribution in [-0.4, -0.2) is 11.0 Å². The quantitative estimate of drug-likeness (QED) is 0.213. The van der Waals surface area contributed by atoms with Crippen LogP contribution in [0.15, 0.2) is 76.8 Å². The van der Waals surface area contributed by atoms with E-state index in [1.807, 2.05) is 54.6 Å². The zero-order valence-corrected chi connectivity index (χ0v) is 18.3. The van der Waals surface area contributed by atoms with Crippen LogP contribution in [0.2, 0.25) is 0 Å². The lowest BCUT2D eigenvalue weighted by atomic mass is 10.1. The van der Waals surface area contributed by atoms with Gasteiger partial charge >= 0.3 is 0 Å². The van der Waals surface area contributed by atoms with Crippen LogP contribution >= 0.6 is 34.0 Å². The molecule has 31 heavy (non-hydrogen) atoms. The summed E-state index contributed by atoms with van der Waals surface area (Å²) in [6.45, 7) is 0. The lowest BCUT2D eigenvalue weighted by Gasteiger charge is -2.18. The van der Waals surface area contributed by atoms with Crippen molar-refractivity contribution in [2.24, 2.45) is 5.16 Å². The standard InChI is InChI=1S/C23H12N4OS3/c24-12-14(13-25)22-15-4-1-2-5-16(15)23(26-28)27(22)21-10-9-20(31-21)19-8-7-18(30-19)17-6-3-11-29-17/h1-11,28H/b26-23-. The number of rotatable bonds is 3. The zero-order chi connectivity index (χ0) is 21.4. The van der Waals surface area contributed by atoms with Crippen LogP contribution in [0, 0.1) is 22.7 Å². The van der Waals surface area contributed by atoms with Crippen molar-refractivity contribution >= 4 is 50.5 Å². The first-order valence-corrected chi connectivity index (χ1v) is 11.7. The van der Waals surface area contributed by atoms with E-state index in [-0.39, 0.29) is 5.57 Å². The van der Waals surface area contributed by atoms with Gasteiger partial charge in [-0.3, -0.25) is 4.90 Å². The van der Waals surface area contributed by atoms with Crippen molar-refractivity contribution in [3.8, 4) is 31.6 Å². The highest BCUT2D eigenvalue weighted by atomic mass is 32.1. The van der Waals surface area contributed by atoms with Crippen LogP contribution in [-0.2, 0) is 0 Å². The fourth-order valence-corrected chi connectivity index (χ4v) is 6.47. The van der Waals surface area contributed by atoms with Gasteiger partial charge in [0.15, 0.2) is 11.4 Å². The largest absolute Gasteiger partial charge is 0.409 e. The highest BCUT2D eigenvalue weighted by Crippen LogP contribution is 2.45. The second-order valence-corrected chi connectivity index (χ2v) is 9.62. The molecule has 4 heterocycles. The van der Waals surface area contributed by atoms with Gasteiger partial charge in [-0.15, -0.1) is 34.0 Å². The minimum Gasteiger partial charge on any atom is -0.409 e. The Balaban J connectivity index is 1.61. The van der Waals surface area contributed by atoms with E-state index in [0.29, 0.717) is 22.7 Å². The fraction of sp³-hybridized carbons (Fsp3) is 0. The molecule has 8 heteroatoms. The molecule has 0 saturated carbocycles. The molecule has 5 nitrogen and oxygen atoms in total. The normalized spacial score (nSPS) is 13.8. The lowest BCUT2D eigenvalue weighted by molar-refractivity contribution is 0.319. The average molecular weight is 457 g/mol. The second kappa shape index (κ2) is 7.86. The first-order valence-electron chi connectivity index (χ1n) is 9.15. The molecule has 4 aromatic rings. The average Bonchev–Trinajstić information content (AvgIpc) is 3.59. The number of nitriles is 2. The van der Waals surface area contributed by atoms with Crippen molar-refractivity contribution in [3.63, 3.8) is 0 Å². The molecule has 5 rings (SSSR count). The van der Waals surface area contributed by atoms with Crippen molar-refractivity contribution in [3.05, 3.63) is 82.7 Å². The number of nitrogens with zero attached hydrogens (tertiary/aromatic N) is 4. The summed E-state index contributed by atoms with van der Waals surface area (Å²) in [7, 11) is 0. The van der Waals surface area contributed by atoms with Gasteiger partial charge in [0.25, 0.3) is 0 Å². The predicted octanol–water partition coefficient (Wildman–Crippen LogP) is 6.62. The lowest BCUT2D eigenvalue weighted by Crippen LogP contribution is -2.23. The van der Waals surface area contributed by atoms with Crippen molar-refractivity contribution < 1.29 is 5.21 Å². The fourth-order valence-electron chi connectivity index (χ4n) is 3.52. The van der Waals surface area contributed by atoms with E-state index in [9.17, 15) is 15.7 Å². The van der Waals surface area contributed by atoms with Gasteiger partial charge in [0, 0.05) is 30.6 Å². The highest BCUT2D eigenvalue weighted by Gasteiger charge is 2.35. The molecule has 1 aromatic carbocycles. The van der Waals surface area contributed by atoms with Crippen LogP contribution in [0.4, 0.5) is 5.00 Å². The second-order valence-electron chi connectivity index (χ2n) is 6.53. The Kier molecular flexibility index (Phi) is 4.89. The van der Waals surface area contributed by atoms with Crippen LogP contribution < -0.4 is 4.90 Å². The highest BCUT2D eigenvalue weighted by molar-refractivity contribution is 7.27. The number of hydrogen-bond acceptors (Lipinski definition) is 7. The van der Waals surface area contributed by atoms with E-state index in [1.165, 1.54) is 21.1 Å². The van der Waals surface area contributed by atoms with E-state index >= 15 is 0 Å². The van der Waals surface area contributed by atoms with Crippen molar-refractivity contribution in [1.82, 2.24) is 0 Å². The molecular formula is C23H12N4OS3. The molecule has 3 aromatic heterocycles. The predicted molar refractivity (Wildman–Crippen MR) is 126 cm³/mol. The summed E-state index contributed by atoms with van der Waals surface area (Å²) in [6.07, 6.45) is 0. The van der Waals surface area contributed by atoms with Crippen LogP contribution in [0.3, 0.4) is 0 Å².